The molecule has 1 aromatic rings. The van der Waals surface area contributed by atoms with Crippen LogP contribution < -0.4 is 10.6 Å². The fraction of sp³-hybridized carbons (Fsp3) is 0.706. The number of guanidine groups is 1. The predicted molar refractivity (Wildman–Crippen MR) is 103 cm³/mol. The van der Waals surface area contributed by atoms with Crippen LogP contribution >= 0.6 is 22.9 Å². The minimum atomic E-state index is 0.489. The van der Waals surface area contributed by atoms with Crippen molar-refractivity contribution in [2.45, 2.75) is 26.3 Å². The maximum atomic E-state index is 5.97. The van der Waals surface area contributed by atoms with Crippen LogP contribution in [0.3, 0.4) is 0 Å². The van der Waals surface area contributed by atoms with Gasteiger partial charge in [-0.1, -0.05) is 25.4 Å². The highest BCUT2D eigenvalue weighted by Gasteiger charge is 2.23. The van der Waals surface area contributed by atoms with E-state index >= 15 is 0 Å². The lowest BCUT2D eigenvalue weighted by Gasteiger charge is -2.37. The van der Waals surface area contributed by atoms with E-state index in [4.69, 9.17) is 16.3 Å². The molecule has 136 valence electrons. The van der Waals surface area contributed by atoms with E-state index in [1.54, 1.807) is 11.3 Å². The molecule has 0 radical (unpaired) electrons. The van der Waals surface area contributed by atoms with Gasteiger partial charge in [0, 0.05) is 44.1 Å². The Morgan fingerprint density at radius 3 is 2.67 bits per heavy atom. The molecule has 7 heteroatoms. The third kappa shape index (κ3) is 6.24. The topological polar surface area (TPSA) is 48.9 Å². The number of thiophene rings is 1. The SMILES string of the molecule is CN=C(NCCc1ccc(Cl)s1)NCC(C(C)C)N1CCOCC1. The molecule has 0 saturated carbocycles. The van der Waals surface area contributed by atoms with Gasteiger partial charge in [-0.3, -0.25) is 9.89 Å². The Bertz CT molecular complexity index is 514. The van der Waals surface area contributed by atoms with Crippen molar-refractivity contribution in [2.24, 2.45) is 10.9 Å². The van der Waals surface area contributed by atoms with Gasteiger partial charge in [0.15, 0.2) is 5.96 Å². The summed E-state index contributed by atoms with van der Waals surface area (Å²) in [6.45, 7) is 9.98. The molecule has 1 aliphatic heterocycles. The lowest BCUT2D eigenvalue weighted by atomic mass is 10.0. The maximum absolute atomic E-state index is 5.97. The number of rotatable bonds is 7. The molecule has 0 spiro atoms. The Kier molecular flexibility index (Phi) is 8.32. The van der Waals surface area contributed by atoms with Gasteiger partial charge in [0.25, 0.3) is 0 Å². The molecule has 1 aromatic heterocycles. The van der Waals surface area contributed by atoms with E-state index in [0.29, 0.717) is 12.0 Å². The third-order valence-corrected chi connectivity index (χ3v) is 5.57. The van der Waals surface area contributed by atoms with Crippen molar-refractivity contribution in [3.63, 3.8) is 0 Å². The molecule has 1 aliphatic rings. The number of nitrogens with one attached hydrogen (secondary N) is 2. The average Bonchev–Trinajstić information content (AvgIpc) is 2.99. The van der Waals surface area contributed by atoms with Gasteiger partial charge < -0.3 is 15.4 Å². The van der Waals surface area contributed by atoms with Crippen LogP contribution in [-0.2, 0) is 11.2 Å². The Balaban J connectivity index is 1.76. The monoisotopic (exact) mass is 372 g/mol. The van der Waals surface area contributed by atoms with E-state index in [-0.39, 0.29) is 0 Å². The molecular weight excluding hydrogens is 344 g/mol. The Morgan fingerprint density at radius 1 is 1.33 bits per heavy atom. The lowest BCUT2D eigenvalue weighted by molar-refractivity contribution is 0.00752. The lowest BCUT2D eigenvalue weighted by Crippen LogP contribution is -2.52. The van der Waals surface area contributed by atoms with Crippen molar-refractivity contribution in [1.82, 2.24) is 15.5 Å². The second kappa shape index (κ2) is 10.2. The molecule has 0 amide bonds. The molecule has 1 unspecified atom stereocenters. The van der Waals surface area contributed by atoms with Gasteiger partial charge in [0.1, 0.15) is 0 Å². The minimum absolute atomic E-state index is 0.489. The van der Waals surface area contributed by atoms with E-state index in [9.17, 15) is 0 Å². The normalized spacial score (nSPS) is 18.0. The number of ether oxygens (including phenoxy) is 1. The third-order valence-electron chi connectivity index (χ3n) is 4.28. The predicted octanol–water partition coefficient (Wildman–Crippen LogP) is 2.47. The van der Waals surface area contributed by atoms with Gasteiger partial charge in [-0.2, -0.15) is 0 Å². The van der Waals surface area contributed by atoms with Crippen molar-refractivity contribution in [3.05, 3.63) is 21.3 Å². The summed E-state index contributed by atoms with van der Waals surface area (Å²) in [4.78, 5) is 8.13. The summed E-state index contributed by atoms with van der Waals surface area (Å²) in [7, 11) is 1.82. The summed E-state index contributed by atoms with van der Waals surface area (Å²) in [5.74, 6) is 1.44. The molecule has 0 bridgehead atoms. The van der Waals surface area contributed by atoms with Crippen LogP contribution in [0.25, 0.3) is 0 Å². The van der Waals surface area contributed by atoms with Crippen LogP contribution in [-0.4, -0.2) is 63.3 Å². The number of hydrogen-bond acceptors (Lipinski definition) is 4. The number of aliphatic imine (C=N–C) groups is 1. The first-order chi connectivity index (χ1) is 11.6. The van der Waals surface area contributed by atoms with Gasteiger partial charge >= 0.3 is 0 Å². The molecule has 1 atom stereocenters. The van der Waals surface area contributed by atoms with Crippen molar-refractivity contribution in [3.8, 4) is 0 Å². The summed E-state index contributed by atoms with van der Waals surface area (Å²) in [5, 5.41) is 6.86. The molecule has 0 aromatic carbocycles. The van der Waals surface area contributed by atoms with Gasteiger partial charge in [0.2, 0.25) is 0 Å². The first-order valence-corrected chi connectivity index (χ1v) is 9.80. The molecule has 1 saturated heterocycles. The van der Waals surface area contributed by atoms with Crippen LogP contribution in [0.5, 0.6) is 0 Å². The van der Waals surface area contributed by atoms with Crippen molar-refractivity contribution >= 4 is 28.9 Å². The zero-order valence-electron chi connectivity index (χ0n) is 14.8. The highest BCUT2D eigenvalue weighted by atomic mass is 35.5. The van der Waals surface area contributed by atoms with Gasteiger partial charge in [-0.15, -0.1) is 11.3 Å². The van der Waals surface area contributed by atoms with Gasteiger partial charge in [-0.05, 0) is 24.5 Å². The van der Waals surface area contributed by atoms with E-state index in [1.165, 1.54) is 4.88 Å². The summed E-state index contributed by atoms with van der Waals surface area (Å²) in [5.41, 5.74) is 0. The molecule has 0 aliphatic carbocycles. The van der Waals surface area contributed by atoms with Crippen LogP contribution in [0.2, 0.25) is 4.34 Å². The fourth-order valence-electron chi connectivity index (χ4n) is 2.91. The van der Waals surface area contributed by atoms with Crippen LogP contribution in [0.15, 0.2) is 17.1 Å². The molecule has 2 heterocycles. The quantitative estimate of drug-likeness (QED) is 0.570. The number of morpholine rings is 1. The second-order valence-electron chi connectivity index (χ2n) is 6.30. The van der Waals surface area contributed by atoms with Gasteiger partial charge in [0.05, 0.1) is 17.6 Å². The molecule has 1 fully saturated rings. The Labute approximate surface area is 154 Å². The summed E-state index contributed by atoms with van der Waals surface area (Å²) < 4.78 is 6.31. The zero-order chi connectivity index (χ0) is 17.4. The zero-order valence-corrected chi connectivity index (χ0v) is 16.4. The summed E-state index contributed by atoms with van der Waals surface area (Å²) in [6, 6.07) is 4.52. The Morgan fingerprint density at radius 2 is 2.08 bits per heavy atom. The van der Waals surface area contributed by atoms with Crippen LogP contribution in [0.4, 0.5) is 0 Å². The van der Waals surface area contributed by atoms with Crippen molar-refractivity contribution in [2.75, 3.05) is 46.4 Å². The largest absolute Gasteiger partial charge is 0.379 e. The summed E-state index contributed by atoms with van der Waals surface area (Å²) >= 11 is 7.60. The average molecular weight is 373 g/mol. The molecule has 5 nitrogen and oxygen atoms in total. The Hall–Kier alpha value is -0.820. The molecular formula is C17H29ClN4OS. The highest BCUT2D eigenvalue weighted by molar-refractivity contribution is 7.16. The standard InChI is InChI=1S/C17H29ClN4OS/c1-13(2)15(22-8-10-23-11-9-22)12-21-17(19-3)20-7-6-14-4-5-16(18)24-14/h4-5,13,15H,6-12H2,1-3H3,(H2,19,20,21). The number of nitrogens with zero attached hydrogens (tertiary/aromatic N) is 2. The number of halogens is 1. The van der Waals surface area contributed by atoms with E-state index in [2.05, 4.69) is 40.4 Å². The van der Waals surface area contributed by atoms with Crippen LogP contribution in [0, 0.1) is 5.92 Å². The molecule has 2 N–H and O–H groups in total. The van der Waals surface area contributed by atoms with E-state index < -0.39 is 0 Å². The fourth-order valence-corrected chi connectivity index (χ4v) is 3.99. The first kappa shape index (κ1) is 19.5. The van der Waals surface area contributed by atoms with Crippen LogP contribution in [0.1, 0.15) is 18.7 Å². The number of hydrogen-bond donors (Lipinski definition) is 2. The maximum Gasteiger partial charge on any atom is 0.191 e. The first-order valence-electron chi connectivity index (χ1n) is 8.60. The van der Waals surface area contributed by atoms with Crippen molar-refractivity contribution in [1.29, 1.82) is 0 Å². The highest BCUT2D eigenvalue weighted by Crippen LogP contribution is 2.21. The van der Waals surface area contributed by atoms with E-state index in [1.807, 2.05) is 13.1 Å². The molecule has 24 heavy (non-hydrogen) atoms. The molecule has 2 rings (SSSR count). The smallest absolute Gasteiger partial charge is 0.191 e. The minimum Gasteiger partial charge on any atom is -0.379 e. The van der Waals surface area contributed by atoms with Gasteiger partial charge in [-0.25, -0.2) is 0 Å². The van der Waals surface area contributed by atoms with E-state index in [0.717, 1.165) is 56.1 Å². The van der Waals surface area contributed by atoms with Crippen molar-refractivity contribution < 1.29 is 4.74 Å². The second-order valence-corrected chi connectivity index (χ2v) is 8.10. The summed E-state index contributed by atoms with van der Waals surface area (Å²) in [6.07, 6.45) is 0.954.